The van der Waals surface area contributed by atoms with Crippen LogP contribution in [-0.4, -0.2) is 41.3 Å². The normalized spacial score (nSPS) is 14.3. The third-order valence-electron chi connectivity index (χ3n) is 4.54. The molecule has 0 aliphatic carbocycles. The maximum Gasteiger partial charge on any atom is 0.335 e. The number of hydrogen-bond donors (Lipinski definition) is 2. The van der Waals surface area contributed by atoms with Crippen LogP contribution >= 0.6 is 11.8 Å². The van der Waals surface area contributed by atoms with Crippen LogP contribution < -0.4 is 4.72 Å². The Balaban J connectivity index is 1.82. The van der Waals surface area contributed by atoms with Gasteiger partial charge in [0.2, 0.25) is 5.91 Å². The number of carboxylic acid groups (broad SMARTS) is 1. The number of rotatable bonds is 6. The first-order valence-electron chi connectivity index (χ1n) is 8.52. The Hall–Kier alpha value is -2.85. The minimum absolute atomic E-state index is 0.107. The van der Waals surface area contributed by atoms with Crippen LogP contribution in [0.15, 0.2) is 41.3 Å². The smallest absolute Gasteiger partial charge is 0.335 e. The fourth-order valence-corrected chi connectivity index (χ4v) is 4.96. The Morgan fingerprint density at radius 3 is 2.38 bits per heavy atom. The molecule has 1 aliphatic heterocycles. The predicted octanol–water partition coefficient (Wildman–Crippen LogP) is 3.00. The molecule has 8 nitrogen and oxygen atoms in total. The molecule has 1 aliphatic rings. The van der Waals surface area contributed by atoms with E-state index in [1.54, 1.807) is 26.0 Å². The summed E-state index contributed by atoms with van der Waals surface area (Å²) in [7, 11) is -4.01. The number of nitrogens with zero attached hydrogens (tertiary/aromatic N) is 1. The van der Waals surface area contributed by atoms with Crippen molar-refractivity contribution in [3.05, 3.63) is 58.7 Å². The van der Waals surface area contributed by atoms with Gasteiger partial charge >= 0.3 is 5.97 Å². The Bertz CT molecular complexity index is 1090. The van der Waals surface area contributed by atoms with Crippen LogP contribution in [0.1, 0.15) is 27.0 Å². The number of amides is 2. The number of carbonyl (C=O) groups is 3. The van der Waals surface area contributed by atoms with E-state index < -0.39 is 16.0 Å². The number of anilines is 1. The Morgan fingerprint density at radius 1 is 1.17 bits per heavy atom. The van der Waals surface area contributed by atoms with Crippen LogP contribution in [-0.2, 0) is 21.4 Å². The van der Waals surface area contributed by atoms with E-state index in [4.69, 9.17) is 0 Å². The number of imide groups is 1. The van der Waals surface area contributed by atoms with Crippen LogP contribution in [0, 0.1) is 13.8 Å². The molecule has 2 aromatic rings. The van der Waals surface area contributed by atoms with Gasteiger partial charge < -0.3 is 5.11 Å². The van der Waals surface area contributed by atoms with E-state index in [0.29, 0.717) is 16.7 Å². The van der Waals surface area contributed by atoms with E-state index in [1.165, 1.54) is 18.2 Å². The first kappa shape index (κ1) is 20.9. The number of thioether (sulfide) groups is 1. The molecule has 1 saturated heterocycles. The molecule has 10 heteroatoms. The third kappa shape index (κ3) is 4.43. The van der Waals surface area contributed by atoms with Gasteiger partial charge in [0, 0.05) is 5.69 Å². The van der Waals surface area contributed by atoms with Crippen LogP contribution in [0.3, 0.4) is 0 Å². The highest BCUT2D eigenvalue weighted by Gasteiger charge is 2.29. The lowest BCUT2D eigenvalue weighted by Crippen LogP contribution is -2.27. The molecule has 152 valence electrons. The van der Waals surface area contributed by atoms with Crippen molar-refractivity contribution in [2.24, 2.45) is 0 Å². The Morgan fingerprint density at radius 2 is 1.83 bits per heavy atom. The van der Waals surface area contributed by atoms with Crippen molar-refractivity contribution < 1.29 is 27.9 Å². The molecule has 0 radical (unpaired) electrons. The number of sulfonamides is 1. The van der Waals surface area contributed by atoms with Gasteiger partial charge in [0.05, 0.1) is 22.8 Å². The lowest BCUT2D eigenvalue weighted by Gasteiger charge is -2.15. The minimum Gasteiger partial charge on any atom is -0.478 e. The van der Waals surface area contributed by atoms with E-state index in [1.807, 2.05) is 0 Å². The molecule has 0 aromatic heterocycles. The molecule has 2 amide bonds. The van der Waals surface area contributed by atoms with Gasteiger partial charge in [-0.05, 0) is 54.8 Å². The molecular formula is C19H18N2O6S2. The quantitative estimate of drug-likeness (QED) is 0.717. The van der Waals surface area contributed by atoms with Crippen LogP contribution in [0.25, 0.3) is 0 Å². The van der Waals surface area contributed by atoms with Crippen molar-refractivity contribution in [1.29, 1.82) is 0 Å². The SMILES string of the molecule is Cc1cc(C(=O)O)cc(S(=O)(=O)Nc2ccc(CN3C(=O)CSC3=O)cc2)c1C. The molecular weight excluding hydrogens is 416 g/mol. The first-order valence-corrected chi connectivity index (χ1v) is 11.0. The third-order valence-corrected chi connectivity index (χ3v) is 6.91. The standard InChI is InChI=1S/C19H18N2O6S2/c1-11-7-14(18(23)24)8-16(12(11)2)29(26,27)20-15-5-3-13(4-6-15)9-21-17(22)10-28-19(21)25/h3-8,20H,9-10H2,1-2H3,(H,23,24). The summed E-state index contributed by atoms with van der Waals surface area (Å²) in [6.07, 6.45) is 0. The summed E-state index contributed by atoms with van der Waals surface area (Å²) < 4.78 is 28.0. The average Bonchev–Trinajstić information content (AvgIpc) is 2.96. The number of carboxylic acids is 1. The molecule has 0 saturated carbocycles. The molecule has 1 heterocycles. The number of aryl methyl sites for hydroxylation is 1. The van der Waals surface area contributed by atoms with Gasteiger partial charge in [-0.3, -0.25) is 19.2 Å². The van der Waals surface area contributed by atoms with Gasteiger partial charge in [-0.1, -0.05) is 23.9 Å². The summed E-state index contributed by atoms with van der Waals surface area (Å²) in [4.78, 5) is 35.7. The molecule has 29 heavy (non-hydrogen) atoms. The lowest BCUT2D eigenvalue weighted by atomic mass is 10.1. The van der Waals surface area contributed by atoms with E-state index in [9.17, 15) is 27.9 Å². The second kappa shape index (κ2) is 7.88. The maximum absolute atomic E-state index is 12.8. The molecule has 3 rings (SSSR count). The molecule has 0 bridgehead atoms. The van der Waals surface area contributed by atoms with E-state index >= 15 is 0 Å². The fraction of sp³-hybridized carbons (Fsp3) is 0.211. The predicted molar refractivity (Wildman–Crippen MR) is 109 cm³/mol. The maximum atomic E-state index is 12.8. The van der Waals surface area contributed by atoms with Crippen LogP contribution in [0.5, 0.6) is 0 Å². The van der Waals surface area contributed by atoms with Gasteiger partial charge in [0.1, 0.15) is 0 Å². The summed E-state index contributed by atoms with van der Waals surface area (Å²) >= 11 is 0.951. The summed E-state index contributed by atoms with van der Waals surface area (Å²) in [5.41, 5.74) is 1.86. The van der Waals surface area contributed by atoms with Crippen molar-refractivity contribution in [1.82, 2.24) is 4.90 Å². The Kier molecular flexibility index (Phi) is 5.67. The van der Waals surface area contributed by atoms with Crippen molar-refractivity contribution >= 4 is 44.6 Å². The molecule has 0 unspecified atom stereocenters. The van der Waals surface area contributed by atoms with Gasteiger partial charge in [0.25, 0.3) is 15.3 Å². The minimum atomic E-state index is -4.01. The van der Waals surface area contributed by atoms with E-state index in [2.05, 4.69) is 4.72 Å². The fourth-order valence-electron chi connectivity index (χ4n) is 2.83. The van der Waals surface area contributed by atoms with Gasteiger partial charge in [-0.15, -0.1) is 0 Å². The monoisotopic (exact) mass is 434 g/mol. The number of aromatic carboxylic acids is 1. The summed E-state index contributed by atoms with van der Waals surface area (Å²) in [6, 6.07) is 8.83. The van der Waals surface area contributed by atoms with Crippen LogP contribution in [0.4, 0.5) is 10.5 Å². The summed E-state index contributed by atoms with van der Waals surface area (Å²) in [5, 5.41) is 8.89. The molecule has 0 spiro atoms. The van der Waals surface area contributed by atoms with E-state index in [-0.39, 0.29) is 39.6 Å². The number of nitrogens with one attached hydrogen (secondary N) is 1. The molecule has 1 fully saturated rings. The summed E-state index contributed by atoms with van der Waals surface area (Å²) in [5.74, 6) is -1.34. The molecule has 0 atom stereocenters. The zero-order chi connectivity index (χ0) is 21.3. The van der Waals surface area contributed by atoms with Gasteiger partial charge in [-0.25, -0.2) is 13.2 Å². The topological polar surface area (TPSA) is 121 Å². The van der Waals surface area contributed by atoms with Gasteiger partial charge in [-0.2, -0.15) is 0 Å². The lowest BCUT2D eigenvalue weighted by molar-refractivity contribution is -0.125. The zero-order valence-electron chi connectivity index (χ0n) is 15.6. The number of benzene rings is 2. The zero-order valence-corrected chi connectivity index (χ0v) is 17.3. The molecule has 2 N–H and O–H groups in total. The van der Waals surface area contributed by atoms with Crippen molar-refractivity contribution in [2.45, 2.75) is 25.3 Å². The van der Waals surface area contributed by atoms with Crippen LogP contribution in [0.2, 0.25) is 0 Å². The Labute approximate surface area is 172 Å². The van der Waals surface area contributed by atoms with E-state index in [0.717, 1.165) is 22.7 Å². The van der Waals surface area contributed by atoms with Crippen molar-refractivity contribution in [2.75, 3.05) is 10.5 Å². The highest BCUT2D eigenvalue weighted by atomic mass is 32.2. The number of hydrogen-bond acceptors (Lipinski definition) is 6. The second-order valence-corrected chi connectivity index (χ2v) is 9.14. The highest BCUT2D eigenvalue weighted by molar-refractivity contribution is 8.14. The first-order chi connectivity index (χ1) is 13.6. The highest BCUT2D eigenvalue weighted by Crippen LogP contribution is 2.25. The largest absolute Gasteiger partial charge is 0.478 e. The average molecular weight is 434 g/mol. The van der Waals surface area contributed by atoms with Crippen molar-refractivity contribution in [3.8, 4) is 0 Å². The van der Waals surface area contributed by atoms with Gasteiger partial charge in [0.15, 0.2) is 0 Å². The second-order valence-electron chi connectivity index (χ2n) is 6.56. The van der Waals surface area contributed by atoms with Crippen molar-refractivity contribution in [3.63, 3.8) is 0 Å². The number of carbonyl (C=O) groups excluding carboxylic acids is 2. The summed E-state index contributed by atoms with van der Waals surface area (Å²) in [6.45, 7) is 3.38. The molecule has 2 aromatic carbocycles.